The van der Waals surface area contributed by atoms with Crippen molar-refractivity contribution in [2.45, 2.75) is 65.5 Å². The van der Waals surface area contributed by atoms with Crippen LogP contribution in [-0.4, -0.2) is 15.6 Å². The Morgan fingerprint density at radius 3 is 2.85 bits per heavy atom. The first-order chi connectivity index (χ1) is 9.58. The monoisotopic (exact) mass is 277 g/mol. The summed E-state index contributed by atoms with van der Waals surface area (Å²) in [6, 6.07) is 0.382. The largest absolute Gasteiger partial charge is 0.362 e. The number of aromatic nitrogens is 2. The smallest absolute Gasteiger partial charge is 0.293 e. The van der Waals surface area contributed by atoms with E-state index in [0.717, 1.165) is 13.0 Å². The molecule has 1 aliphatic carbocycles. The van der Waals surface area contributed by atoms with Crippen LogP contribution in [0.5, 0.6) is 0 Å². The summed E-state index contributed by atoms with van der Waals surface area (Å²) < 4.78 is 1.77. The molecular formula is C16H27N3O. The second-order valence-corrected chi connectivity index (χ2v) is 6.49. The van der Waals surface area contributed by atoms with Crippen LogP contribution in [0.2, 0.25) is 0 Å². The van der Waals surface area contributed by atoms with Crippen LogP contribution < -0.4 is 10.9 Å². The Balaban J connectivity index is 2.14. The second kappa shape index (κ2) is 6.91. The summed E-state index contributed by atoms with van der Waals surface area (Å²) in [7, 11) is 0. The summed E-state index contributed by atoms with van der Waals surface area (Å²) in [6.07, 6.45) is 9.75. The van der Waals surface area contributed by atoms with Gasteiger partial charge in [-0.1, -0.05) is 40.0 Å². The van der Waals surface area contributed by atoms with Gasteiger partial charge >= 0.3 is 0 Å². The van der Waals surface area contributed by atoms with Crippen molar-refractivity contribution in [1.82, 2.24) is 9.55 Å². The standard InChI is InChI=1S/C16H27N3O/c1-12(2)11-19-10-9-17-15(16(19)20)18-14-8-6-4-5-7-13(14)3/h9-10,12-14H,4-8,11H2,1-3H3,(H,17,18). The molecule has 0 spiro atoms. The number of hydrogen-bond donors (Lipinski definition) is 1. The maximum Gasteiger partial charge on any atom is 0.293 e. The molecule has 0 bridgehead atoms. The Morgan fingerprint density at radius 1 is 1.35 bits per heavy atom. The van der Waals surface area contributed by atoms with Crippen molar-refractivity contribution < 1.29 is 0 Å². The minimum Gasteiger partial charge on any atom is -0.362 e. The van der Waals surface area contributed by atoms with Crippen LogP contribution in [0, 0.1) is 11.8 Å². The van der Waals surface area contributed by atoms with E-state index in [4.69, 9.17) is 0 Å². The molecule has 20 heavy (non-hydrogen) atoms. The number of rotatable bonds is 4. The third kappa shape index (κ3) is 3.84. The van der Waals surface area contributed by atoms with Gasteiger partial charge in [-0.25, -0.2) is 4.98 Å². The molecule has 4 nitrogen and oxygen atoms in total. The first-order valence-corrected chi connectivity index (χ1v) is 7.90. The van der Waals surface area contributed by atoms with E-state index >= 15 is 0 Å². The fourth-order valence-corrected chi connectivity index (χ4v) is 2.97. The van der Waals surface area contributed by atoms with Gasteiger partial charge < -0.3 is 9.88 Å². The average Bonchev–Trinajstić information content (AvgIpc) is 2.59. The maximum absolute atomic E-state index is 12.4. The molecule has 2 rings (SSSR count). The highest BCUT2D eigenvalue weighted by atomic mass is 16.1. The third-order valence-electron chi connectivity index (χ3n) is 4.16. The molecule has 1 fully saturated rings. The Bertz CT molecular complexity index is 481. The quantitative estimate of drug-likeness (QED) is 0.859. The summed E-state index contributed by atoms with van der Waals surface area (Å²) in [5.74, 6) is 1.59. The SMILES string of the molecule is CC(C)Cn1ccnc(NC2CCCCCC2C)c1=O. The molecule has 1 aromatic heterocycles. The minimum absolute atomic E-state index is 0.0117. The maximum atomic E-state index is 12.4. The summed E-state index contributed by atoms with van der Waals surface area (Å²) in [6.45, 7) is 7.26. The fourth-order valence-electron chi connectivity index (χ4n) is 2.97. The van der Waals surface area contributed by atoms with Crippen LogP contribution in [0.25, 0.3) is 0 Å². The minimum atomic E-state index is 0.0117. The lowest BCUT2D eigenvalue weighted by molar-refractivity contribution is 0.453. The number of nitrogens with one attached hydrogen (secondary N) is 1. The Morgan fingerprint density at radius 2 is 2.10 bits per heavy atom. The van der Waals surface area contributed by atoms with E-state index < -0.39 is 0 Å². The van der Waals surface area contributed by atoms with Crippen molar-refractivity contribution in [1.29, 1.82) is 0 Å². The molecule has 2 unspecified atom stereocenters. The van der Waals surface area contributed by atoms with Gasteiger partial charge in [0.15, 0.2) is 5.82 Å². The molecule has 1 heterocycles. The summed E-state index contributed by atoms with van der Waals surface area (Å²) >= 11 is 0. The van der Waals surface area contributed by atoms with Gasteiger partial charge in [-0.15, -0.1) is 0 Å². The molecular weight excluding hydrogens is 250 g/mol. The van der Waals surface area contributed by atoms with Crippen LogP contribution in [0.15, 0.2) is 17.2 Å². The normalized spacial score (nSPS) is 23.6. The van der Waals surface area contributed by atoms with Crippen molar-refractivity contribution >= 4 is 5.82 Å². The topological polar surface area (TPSA) is 46.9 Å². The molecule has 0 radical (unpaired) electrons. The molecule has 2 atom stereocenters. The van der Waals surface area contributed by atoms with Gasteiger partial charge in [-0.05, 0) is 24.7 Å². The Kier molecular flexibility index (Phi) is 5.21. The fraction of sp³-hybridized carbons (Fsp3) is 0.750. The van der Waals surface area contributed by atoms with Gasteiger partial charge in [-0.2, -0.15) is 0 Å². The number of nitrogens with zero attached hydrogens (tertiary/aromatic N) is 2. The lowest BCUT2D eigenvalue weighted by Gasteiger charge is -2.23. The van der Waals surface area contributed by atoms with Gasteiger partial charge in [-0.3, -0.25) is 4.79 Å². The van der Waals surface area contributed by atoms with E-state index in [1.807, 2.05) is 0 Å². The molecule has 0 amide bonds. The van der Waals surface area contributed by atoms with E-state index in [9.17, 15) is 4.79 Å². The van der Waals surface area contributed by atoms with Crippen molar-refractivity contribution in [3.63, 3.8) is 0 Å². The van der Waals surface area contributed by atoms with E-state index in [2.05, 4.69) is 31.1 Å². The van der Waals surface area contributed by atoms with Gasteiger partial charge in [0.05, 0.1) is 0 Å². The highest BCUT2D eigenvalue weighted by Gasteiger charge is 2.21. The van der Waals surface area contributed by atoms with Gasteiger partial charge in [0.25, 0.3) is 5.56 Å². The predicted molar refractivity (Wildman–Crippen MR) is 83.0 cm³/mol. The average molecular weight is 277 g/mol. The van der Waals surface area contributed by atoms with Crippen LogP contribution in [0.3, 0.4) is 0 Å². The summed E-state index contributed by atoms with van der Waals surface area (Å²) in [5, 5.41) is 3.41. The van der Waals surface area contributed by atoms with Crippen molar-refractivity contribution in [2.75, 3.05) is 5.32 Å². The lowest BCUT2D eigenvalue weighted by Crippen LogP contribution is -2.33. The van der Waals surface area contributed by atoms with E-state index in [1.54, 1.807) is 17.0 Å². The van der Waals surface area contributed by atoms with Gasteiger partial charge in [0.2, 0.25) is 0 Å². The molecule has 1 saturated carbocycles. The Hall–Kier alpha value is -1.32. The van der Waals surface area contributed by atoms with Crippen molar-refractivity contribution in [2.24, 2.45) is 11.8 Å². The molecule has 0 saturated heterocycles. The highest BCUT2D eigenvalue weighted by Crippen LogP contribution is 2.24. The van der Waals surface area contributed by atoms with Gasteiger partial charge in [0.1, 0.15) is 0 Å². The zero-order valence-corrected chi connectivity index (χ0v) is 12.9. The molecule has 1 aromatic rings. The van der Waals surface area contributed by atoms with Crippen molar-refractivity contribution in [3.8, 4) is 0 Å². The number of hydrogen-bond acceptors (Lipinski definition) is 3. The van der Waals surface area contributed by atoms with Crippen LogP contribution in [-0.2, 0) is 6.54 Å². The molecule has 1 N–H and O–H groups in total. The van der Waals surface area contributed by atoms with Gasteiger partial charge in [0, 0.05) is 25.0 Å². The molecule has 112 valence electrons. The Labute approximate surface area is 121 Å². The van der Waals surface area contributed by atoms with Crippen LogP contribution >= 0.6 is 0 Å². The molecule has 0 aliphatic heterocycles. The molecule has 0 aromatic carbocycles. The summed E-state index contributed by atoms with van der Waals surface area (Å²) in [5.41, 5.74) is 0.0117. The zero-order chi connectivity index (χ0) is 14.5. The predicted octanol–water partition coefficient (Wildman–Crippen LogP) is 3.28. The molecule has 1 aliphatic rings. The first kappa shape index (κ1) is 15.1. The van der Waals surface area contributed by atoms with E-state index in [0.29, 0.717) is 23.7 Å². The van der Waals surface area contributed by atoms with Crippen LogP contribution in [0.1, 0.15) is 52.9 Å². The summed E-state index contributed by atoms with van der Waals surface area (Å²) in [4.78, 5) is 16.7. The third-order valence-corrected chi connectivity index (χ3v) is 4.16. The van der Waals surface area contributed by atoms with E-state index in [-0.39, 0.29) is 5.56 Å². The van der Waals surface area contributed by atoms with Crippen molar-refractivity contribution in [3.05, 3.63) is 22.7 Å². The van der Waals surface area contributed by atoms with Crippen LogP contribution in [0.4, 0.5) is 5.82 Å². The zero-order valence-electron chi connectivity index (χ0n) is 12.9. The first-order valence-electron chi connectivity index (χ1n) is 7.90. The highest BCUT2D eigenvalue weighted by molar-refractivity contribution is 5.32. The van der Waals surface area contributed by atoms with E-state index in [1.165, 1.54) is 25.7 Å². The lowest BCUT2D eigenvalue weighted by atomic mass is 9.97. The number of anilines is 1. The molecule has 4 heteroatoms. The second-order valence-electron chi connectivity index (χ2n) is 6.49.